The molecular weight excluding hydrogens is 364 g/mol. The molecule has 1 unspecified atom stereocenters. The monoisotopic (exact) mass is 376 g/mol. The molecule has 0 aliphatic rings. The van der Waals surface area contributed by atoms with E-state index >= 15 is 0 Å². The van der Waals surface area contributed by atoms with Gasteiger partial charge in [-0.1, -0.05) is 44.0 Å². The van der Waals surface area contributed by atoms with E-state index in [4.69, 9.17) is 4.74 Å². The molecule has 0 spiro atoms. The predicted octanol–water partition coefficient (Wildman–Crippen LogP) is 3.58. The first-order valence-corrected chi connectivity index (χ1v) is 7.25. The van der Waals surface area contributed by atoms with Crippen LogP contribution in [-0.2, 0) is 20.7 Å². The molecule has 0 fully saturated rings. The van der Waals surface area contributed by atoms with Gasteiger partial charge < -0.3 is 4.74 Å². The molecule has 5 heteroatoms. The number of ketones is 1. The van der Waals surface area contributed by atoms with Gasteiger partial charge in [-0.3, -0.25) is 9.59 Å². The largest absolute Gasteiger partial charge is 0.466 e. The summed E-state index contributed by atoms with van der Waals surface area (Å²) < 4.78 is 5.75. The van der Waals surface area contributed by atoms with E-state index in [1.54, 1.807) is 6.92 Å². The summed E-state index contributed by atoms with van der Waals surface area (Å²) in [6.07, 6.45) is 0.194. The van der Waals surface area contributed by atoms with E-state index < -0.39 is 0 Å². The SMILES string of the molecule is CCOC(=O)Cc1cc(C(Br)C(C)=O)ccc1Br. The number of hydrogen-bond donors (Lipinski definition) is 0. The molecule has 0 amide bonds. The topological polar surface area (TPSA) is 43.4 Å². The van der Waals surface area contributed by atoms with E-state index in [9.17, 15) is 9.59 Å². The molecule has 0 saturated heterocycles. The van der Waals surface area contributed by atoms with Crippen molar-refractivity contribution in [3.63, 3.8) is 0 Å². The molecule has 0 aliphatic carbocycles. The van der Waals surface area contributed by atoms with Gasteiger partial charge in [0.1, 0.15) is 5.78 Å². The van der Waals surface area contributed by atoms with E-state index in [-0.39, 0.29) is 23.0 Å². The summed E-state index contributed by atoms with van der Waals surface area (Å²) in [7, 11) is 0. The van der Waals surface area contributed by atoms with Gasteiger partial charge in [-0.2, -0.15) is 0 Å². The first kappa shape index (κ1) is 15.4. The van der Waals surface area contributed by atoms with Crippen molar-refractivity contribution < 1.29 is 14.3 Å². The van der Waals surface area contributed by atoms with Crippen LogP contribution in [0.3, 0.4) is 0 Å². The minimum Gasteiger partial charge on any atom is -0.466 e. The van der Waals surface area contributed by atoms with Crippen molar-refractivity contribution >= 4 is 43.6 Å². The number of carbonyl (C=O) groups is 2. The molecule has 0 heterocycles. The van der Waals surface area contributed by atoms with Gasteiger partial charge in [0, 0.05) is 4.47 Å². The molecule has 18 heavy (non-hydrogen) atoms. The summed E-state index contributed by atoms with van der Waals surface area (Å²) >= 11 is 6.71. The molecule has 3 nitrogen and oxygen atoms in total. The number of carbonyl (C=O) groups excluding carboxylic acids is 2. The third-order valence-corrected chi connectivity index (χ3v) is 4.31. The molecule has 0 aromatic heterocycles. The summed E-state index contributed by atoms with van der Waals surface area (Å²) in [5, 5.41) is 0. The van der Waals surface area contributed by atoms with E-state index in [1.165, 1.54) is 6.92 Å². The second-order valence-electron chi connectivity index (χ2n) is 3.81. The first-order valence-electron chi connectivity index (χ1n) is 5.54. The standard InChI is InChI=1S/C13H14Br2O3/c1-3-18-12(17)7-10-6-9(4-5-11(10)14)13(15)8(2)16/h4-6,13H,3,7H2,1-2H3. The van der Waals surface area contributed by atoms with Crippen LogP contribution in [0, 0.1) is 0 Å². The van der Waals surface area contributed by atoms with Gasteiger partial charge in [0.25, 0.3) is 0 Å². The minimum absolute atomic E-state index is 0.0272. The highest BCUT2D eigenvalue weighted by Gasteiger charge is 2.15. The van der Waals surface area contributed by atoms with Crippen molar-refractivity contribution in [2.45, 2.75) is 25.1 Å². The molecule has 1 aromatic carbocycles. The number of hydrogen-bond acceptors (Lipinski definition) is 3. The second-order valence-corrected chi connectivity index (χ2v) is 5.58. The van der Waals surface area contributed by atoms with Crippen molar-refractivity contribution in [3.8, 4) is 0 Å². The Morgan fingerprint density at radius 3 is 2.61 bits per heavy atom. The Morgan fingerprint density at radius 1 is 1.39 bits per heavy atom. The fourth-order valence-electron chi connectivity index (χ4n) is 1.49. The van der Waals surface area contributed by atoms with E-state index in [2.05, 4.69) is 31.9 Å². The Hall–Kier alpha value is -0.680. The van der Waals surface area contributed by atoms with Gasteiger partial charge in [0.05, 0.1) is 17.9 Å². The van der Waals surface area contributed by atoms with Gasteiger partial charge in [-0.25, -0.2) is 0 Å². The summed E-state index contributed by atoms with van der Waals surface area (Å²) in [6.45, 7) is 3.66. The molecule has 1 rings (SSSR count). The maximum atomic E-state index is 11.5. The number of ether oxygens (including phenoxy) is 1. The lowest BCUT2D eigenvalue weighted by molar-refractivity contribution is -0.142. The van der Waals surface area contributed by atoms with Crippen LogP contribution in [-0.4, -0.2) is 18.4 Å². The van der Waals surface area contributed by atoms with Gasteiger partial charge >= 0.3 is 5.97 Å². The summed E-state index contributed by atoms with van der Waals surface area (Å²) in [6, 6.07) is 5.52. The fourth-order valence-corrected chi connectivity index (χ4v) is 2.16. The molecule has 0 saturated carbocycles. The minimum atomic E-state index is -0.341. The number of rotatable bonds is 5. The van der Waals surface area contributed by atoms with Gasteiger partial charge in [-0.15, -0.1) is 0 Å². The van der Waals surface area contributed by atoms with Crippen LogP contribution in [0.25, 0.3) is 0 Å². The van der Waals surface area contributed by atoms with Crippen LogP contribution in [0.1, 0.15) is 29.8 Å². The average molecular weight is 378 g/mol. The molecule has 0 N–H and O–H groups in total. The van der Waals surface area contributed by atoms with E-state index in [1.807, 2.05) is 18.2 Å². The average Bonchev–Trinajstić information content (AvgIpc) is 2.31. The zero-order chi connectivity index (χ0) is 13.7. The zero-order valence-electron chi connectivity index (χ0n) is 10.2. The third-order valence-electron chi connectivity index (χ3n) is 2.36. The number of alkyl halides is 1. The van der Waals surface area contributed by atoms with Gasteiger partial charge in [0.2, 0.25) is 0 Å². The molecule has 0 aliphatic heterocycles. The number of benzene rings is 1. The second kappa shape index (κ2) is 7.04. The van der Waals surface area contributed by atoms with Crippen molar-refractivity contribution in [2.24, 2.45) is 0 Å². The smallest absolute Gasteiger partial charge is 0.310 e. The van der Waals surface area contributed by atoms with Crippen LogP contribution in [0.2, 0.25) is 0 Å². The van der Waals surface area contributed by atoms with Crippen LogP contribution in [0.15, 0.2) is 22.7 Å². The number of Topliss-reactive ketones (excluding diaryl/α,β-unsaturated/α-hetero) is 1. The zero-order valence-corrected chi connectivity index (χ0v) is 13.4. The Labute approximate surface area is 123 Å². The predicted molar refractivity (Wildman–Crippen MR) is 76.8 cm³/mol. The molecule has 1 atom stereocenters. The molecule has 0 radical (unpaired) electrons. The third kappa shape index (κ3) is 4.21. The van der Waals surface area contributed by atoms with E-state index in [0.717, 1.165) is 15.6 Å². The Bertz CT molecular complexity index is 458. The highest BCUT2D eigenvalue weighted by molar-refractivity contribution is 9.10. The van der Waals surface area contributed by atoms with Crippen LogP contribution < -0.4 is 0 Å². The van der Waals surface area contributed by atoms with Crippen LogP contribution in [0.4, 0.5) is 0 Å². The Kier molecular flexibility index (Phi) is 6.02. The lowest BCUT2D eigenvalue weighted by Crippen LogP contribution is -2.09. The van der Waals surface area contributed by atoms with Gasteiger partial charge in [-0.05, 0) is 31.0 Å². The summed E-state index contributed by atoms with van der Waals surface area (Å²) in [4.78, 5) is 22.4. The van der Waals surface area contributed by atoms with Crippen molar-refractivity contribution in [2.75, 3.05) is 6.61 Å². The van der Waals surface area contributed by atoms with Crippen molar-refractivity contribution in [3.05, 3.63) is 33.8 Å². The maximum absolute atomic E-state index is 11.5. The first-order chi connectivity index (χ1) is 8.45. The number of esters is 1. The van der Waals surface area contributed by atoms with Crippen molar-refractivity contribution in [1.29, 1.82) is 0 Å². The Morgan fingerprint density at radius 2 is 2.06 bits per heavy atom. The molecule has 0 bridgehead atoms. The summed E-state index contributed by atoms with van der Waals surface area (Å²) in [5.41, 5.74) is 1.65. The van der Waals surface area contributed by atoms with Crippen molar-refractivity contribution in [1.82, 2.24) is 0 Å². The molecular formula is C13H14Br2O3. The highest BCUT2D eigenvalue weighted by Crippen LogP contribution is 2.28. The van der Waals surface area contributed by atoms with Crippen LogP contribution in [0.5, 0.6) is 0 Å². The highest BCUT2D eigenvalue weighted by atomic mass is 79.9. The Balaban J connectivity index is 2.94. The lowest BCUT2D eigenvalue weighted by atomic mass is 10.0. The molecule has 1 aromatic rings. The van der Waals surface area contributed by atoms with E-state index in [0.29, 0.717) is 6.61 Å². The molecule has 98 valence electrons. The lowest BCUT2D eigenvalue weighted by Gasteiger charge is -2.10. The summed E-state index contributed by atoms with van der Waals surface area (Å²) in [5.74, 6) is -0.247. The van der Waals surface area contributed by atoms with Gasteiger partial charge in [0.15, 0.2) is 0 Å². The maximum Gasteiger partial charge on any atom is 0.310 e. The quantitative estimate of drug-likeness (QED) is 0.581. The normalized spacial score (nSPS) is 12.0. The fraction of sp³-hybridized carbons (Fsp3) is 0.385. The van der Waals surface area contributed by atoms with Crippen LogP contribution >= 0.6 is 31.9 Å². The number of halogens is 2.